The lowest BCUT2D eigenvalue weighted by Crippen LogP contribution is -2.51. The van der Waals surface area contributed by atoms with E-state index in [1.807, 2.05) is 6.92 Å². The fourth-order valence-electron chi connectivity index (χ4n) is 5.57. The summed E-state index contributed by atoms with van der Waals surface area (Å²) in [5.41, 5.74) is 11.8. The molecule has 2 aromatic heterocycles. The van der Waals surface area contributed by atoms with Crippen molar-refractivity contribution in [3.8, 4) is 0 Å². The van der Waals surface area contributed by atoms with E-state index in [1.54, 1.807) is 35.3 Å². The van der Waals surface area contributed by atoms with Gasteiger partial charge in [-0.05, 0) is 37.5 Å². The predicted octanol–water partition coefficient (Wildman–Crippen LogP) is 1.36. The molecule has 0 aromatic carbocycles. The van der Waals surface area contributed by atoms with Gasteiger partial charge in [0.05, 0.1) is 37.3 Å². The number of nitrogens with one attached hydrogen (secondary N) is 1. The van der Waals surface area contributed by atoms with E-state index in [2.05, 4.69) is 20.4 Å². The van der Waals surface area contributed by atoms with Crippen LogP contribution in [0.2, 0.25) is 0 Å². The zero-order valence-electron chi connectivity index (χ0n) is 19.3. The number of hydrogen-bond acceptors (Lipinski definition) is 9. The minimum Gasteiger partial charge on any atom is -0.390 e. The smallest absolute Gasteiger partial charge is 0.311 e. The first-order chi connectivity index (χ1) is 16.9. The second kappa shape index (κ2) is 8.33. The largest absolute Gasteiger partial charge is 0.390 e. The number of aliphatic hydroxyl groups is 1. The third-order valence-electron chi connectivity index (χ3n) is 7.76. The Morgan fingerprint density at radius 2 is 2.09 bits per heavy atom. The molecule has 12 heteroatoms. The highest BCUT2D eigenvalue weighted by Crippen LogP contribution is 2.42. The number of allylic oxidation sites excluding steroid dienone is 2. The van der Waals surface area contributed by atoms with Gasteiger partial charge in [0.15, 0.2) is 11.5 Å². The Labute approximate surface area is 200 Å². The average Bonchev–Trinajstić information content (AvgIpc) is 3.56. The Balaban J connectivity index is 1.29. The van der Waals surface area contributed by atoms with Crippen molar-refractivity contribution in [2.45, 2.75) is 51.1 Å². The quantitative estimate of drug-likeness (QED) is 0.551. The molecule has 4 N–H and O–H groups in total. The van der Waals surface area contributed by atoms with Gasteiger partial charge in [0.1, 0.15) is 11.2 Å². The number of alkyl halides is 2. The second-order valence-corrected chi connectivity index (χ2v) is 9.64. The van der Waals surface area contributed by atoms with Crippen LogP contribution in [-0.2, 0) is 11.3 Å². The Morgan fingerprint density at radius 3 is 2.77 bits per heavy atom. The fourth-order valence-corrected chi connectivity index (χ4v) is 5.57. The Morgan fingerprint density at radius 1 is 1.29 bits per heavy atom. The maximum absolute atomic E-state index is 13.4. The number of hydrazine groups is 1. The molecule has 5 heterocycles. The lowest BCUT2D eigenvalue weighted by atomic mass is 9.73. The normalized spacial score (nSPS) is 28.1. The summed E-state index contributed by atoms with van der Waals surface area (Å²) in [6.07, 6.45) is 10.3. The molecule has 0 bridgehead atoms. The van der Waals surface area contributed by atoms with Crippen molar-refractivity contribution < 1.29 is 18.6 Å². The number of anilines is 1. The lowest BCUT2D eigenvalue weighted by Gasteiger charge is -2.41. The van der Waals surface area contributed by atoms with E-state index in [-0.39, 0.29) is 24.2 Å². The van der Waals surface area contributed by atoms with Crippen molar-refractivity contribution in [1.82, 2.24) is 30.2 Å². The summed E-state index contributed by atoms with van der Waals surface area (Å²) >= 11 is 0. The molecule has 2 saturated heterocycles. The third kappa shape index (κ3) is 3.54. The molecule has 6 rings (SSSR count). The van der Waals surface area contributed by atoms with Crippen LogP contribution in [0.4, 0.5) is 14.6 Å². The highest BCUT2D eigenvalue weighted by molar-refractivity contribution is 5.79. The molecule has 2 fully saturated rings. The summed E-state index contributed by atoms with van der Waals surface area (Å²) in [4.78, 5) is 11.6. The number of halogens is 2. The van der Waals surface area contributed by atoms with Crippen LogP contribution < -0.4 is 16.1 Å². The first kappa shape index (κ1) is 22.5. The van der Waals surface area contributed by atoms with Crippen LogP contribution >= 0.6 is 0 Å². The maximum Gasteiger partial charge on any atom is 0.311 e. The van der Waals surface area contributed by atoms with Crippen molar-refractivity contribution in [1.29, 1.82) is 0 Å². The highest BCUT2D eigenvalue weighted by atomic mass is 19.3. The SMILES string of the molecule is C[C@@H]1OCC2(CCN(c3nc4cnn(C5=CC6C(=CNN6C(F)F)C=C5)c4nc3CO)CC2)[C@@H]1N. The van der Waals surface area contributed by atoms with Gasteiger partial charge in [0, 0.05) is 30.7 Å². The summed E-state index contributed by atoms with van der Waals surface area (Å²) in [5, 5.41) is 15.4. The summed E-state index contributed by atoms with van der Waals surface area (Å²) in [6, 6.07) is -0.606. The molecule has 10 nitrogen and oxygen atoms in total. The molecule has 1 unspecified atom stereocenters. The molecule has 35 heavy (non-hydrogen) atoms. The maximum atomic E-state index is 13.4. The van der Waals surface area contributed by atoms with Crippen molar-refractivity contribution >= 4 is 22.7 Å². The van der Waals surface area contributed by atoms with Crippen molar-refractivity contribution in [2.24, 2.45) is 11.1 Å². The van der Waals surface area contributed by atoms with Crippen molar-refractivity contribution in [2.75, 3.05) is 24.6 Å². The molecule has 186 valence electrons. The highest BCUT2D eigenvalue weighted by Gasteiger charge is 2.47. The van der Waals surface area contributed by atoms with E-state index in [1.165, 1.54) is 0 Å². The van der Waals surface area contributed by atoms with Crippen LogP contribution in [0, 0.1) is 5.41 Å². The van der Waals surface area contributed by atoms with Crippen LogP contribution in [0.15, 0.2) is 36.2 Å². The number of fused-ring (bicyclic) bond motifs is 2. The Kier molecular flexibility index (Phi) is 5.36. The van der Waals surface area contributed by atoms with Gasteiger partial charge in [-0.1, -0.05) is 6.08 Å². The number of rotatable bonds is 4. The van der Waals surface area contributed by atoms with Crippen LogP contribution in [0.5, 0.6) is 0 Å². The average molecular weight is 487 g/mol. The molecule has 0 radical (unpaired) electrons. The molecular formula is C23H28F2N8O2. The number of aliphatic hydroxyl groups excluding tert-OH is 1. The van der Waals surface area contributed by atoms with Crippen LogP contribution in [0.25, 0.3) is 16.9 Å². The lowest BCUT2D eigenvalue weighted by molar-refractivity contribution is -0.0515. The molecular weight excluding hydrogens is 458 g/mol. The van der Waals surface area contributed by atoms with Gasteiger partial charge in [0.2, 0.25) is 0 Å². The van der Waals surface area contributed by atoms with Gasteiger partial charge in [-0.2, -0.15) is 18.9 Å². The summed E-state index contributed by atoms with van der Waals surface area (Å²) in [6.45, 7) is 1.24. The Bertz CT molecular complexity index is 1230. The van der Waals surface area contributed by atoms with E-state index >= 15 is 0 Å². The van der Waals surface area contributed by atoms with Gasteiger partial charge >= 0.3 is 6.55 Å². The summed E-state index contributed by atoms with van der Waals surface area (Å²) in [7, 11) is 0. The summed E-state index contributed by atoms with van der Waals surface area (Å²) < 4.78 is 34.1. The minimum absolute atomic E-state index is 0.0111. The first-order valence-corrected chi connectivity index (χ1v) is 11.8. The fraction of sp³-hybridized carbons (Fsp3) is 0.522. The molecule has 1 aliphatic carbocycles. The number of nitrogens with zero attached hydrogens (tertiary/aromatic N) is 6. The molecule has 2 aromatic rings. The molecule has 3 atom stereocenters. The van der Waals surface area contributed by atoms with E-state index in [9.17, 15) is 13.9 Å². The van der Waals surface area contributed by atoms with E-state index in [0.29, 0.717) is 35.0 Å². The number of nitrogens with two attached hydrogens (primary N) is 1. The number of piperidine rings is 1. The van der Waals surface area contributed by atoms with Crippen LogP contribution in [0.3, 0.4) is 0 Å². The first-order valence-electron chi connectivity index (χ1n) is 11.8. The molecule has 4 aliphatic rings. The number of hydrogen-bond donors (Lipinski definition) is 3. The minimum atomic E-state index is -2.66. The van der Waals surface area contributed by atoms with E-state index in [0.717, 1.165) is 36.5 Å². The van der Waals surface area contributed by atoms with Gasteiger partial charge in [-0.15, -0.1) is 0 Å². The van der Waals surface area contributed by atoms with Gasteiger partial charge in [-0.3, -0.25) is 0 Å². The van der Waals surface area contributed by atoms with Gasteiger partial charge in [-0.25, -0.2) is 14.6 Å². The number of aromatic nitrogens is 4. The monoisotopic (exact) mass is 486 g/mol. The van der Waals surface area contributed by atoms with E-state index in [4.69, 9.17) is 15.5 Å². The van der Waals surface area contributed by atoms with Crippen LogP contribution in [0.1, 0.15) is 25.5 Å². The molecule has 1 spiro atoms. The predicted molar refractivity (Wildman–Crippen MR) is 125 cm³/mol. The van der Waals surface area contributed by atoms with Gasteiger partial charge in [0.25, 0.3) is 0 Å². The third-order valence-corrected chi connectivity index (χ3v) is 7.76. The molecule has 0 amide bonds. The summed E-state index contributed by atoms with van der Waals surface area (Å²) in [5.74, 6) is 0.636. The molecule has 0 saturated carbocycles. The number of ether oxygens (including phenoxy) is 1. The van der Waals surface area contributed by atoms with Gasteiger partial charge < -0.3 is 25.9 Å². The Hall–Kier alpha value is -2.93. The zero-order chi connectivity index (χ0) is 24.3. The second-order valence-electron chi connectivity index (χ2n) is 9.64. The molecule has 3 aliphatic heterocycles. The standard InChI is InChI=1S/C23H28F2N8O2/c1-13-19(26)23(12-35-13)4-6-31(7-5-23)20-17(11-34)30-21-16(29-20)10-28-32(21)15-3-2-14-9-27-33(22(24)25)18(14)8-15/h2-3,8-10,13,18-19,22,27,34H,4-7,11-12,26H2,1H3/t13-,18?,19+/m0/s1. The van der Waals surface area contributed by atoms with Crippen molar-refractivity contribution in [3.05, 3.63) is 41.9 Å². The topological polar surface area (TPSA) is 118 Å². The van der Waals surface area contributed by atoms with Crippen molar-refractivity contribution in [3.63, 3.8) is 0 Å². The van der Waals surface area contributed by atoms with E-state index < -0.39 is 12.6 Å². The zero-order valence-corrected chi connectivity index (χ0v) is 19.3. The van der Waals surface area contributed by atoms with Crippen LogP contribution in [-0.4, -0.2) is 74.3 Å².